The zero-order chi connectivity index (χ0) is 16.5. The van der Waals surface area contributed by atoms with Gasteiger partial charge in [-0.2, -0.15) is 0 Å². The van der Waals surface area contributed by atoms with E-state index < -0.39 is 11.7 Å². The minimum atomic E-state index is -0.752. The summed E-state index contributed by atoms with van der Waals surface area (Å²) in [5.74, 6) is 1.91. The fraction of sp³-hybridized carbons (Fsp3) is 0.750. The van der Waals surface area contributed by atoms with Gasteiger partial charge in [-0.25, -0.2) is 0 Å². The molecule has 0 saturated heterocycles. The minimum absolute atomic E-state index is 0.0328. The van der Waals surface area contributed by atoms with E-state index in [-0.39, 0.29) is 10.8 Å². The molecule has 7 atom stereocenters. The van der Waals surface area contributed by atoms with Crippen molar-refractivity contribution >= 4 is 0 Å². The molecule has 4 rings (SSSR count). The molecule has 0 aromatic carbocycles. The summed E-state index contributed by atoms with van der Waals surface area (Å²) in [5, 5.41) is 21.0. The monoisotopic (exact) mass is 351 g/mol. The molecule has 0 radical (unpaired) electrons. The third-order valence-corrected chi connectivity index (χ3v) is 8.51. The molecule has 3 unspecified atom stereocenters. The van der Waals surface area contributed by atoms with Crippen molar-refractivity contribution in [2.24, 2.45) is 28.6 Å². The molecule has 0 spiro atoms. The van der Waals surface area contributed by atoms with Crippen molar-refractivity contribution in [1.29, 1.82) is 0 Å². The summed E-state index contributed by atoms with van der Waals surface area (Å²) in [6.07, 6.45) is 12.4. The van der Waals surface area contributed by atoms with Gasteiger partial charge in [-0.15, -0.1) is 0 Å². The quantitative estimate of drug-likeness (QED) is 0.657. The predicted molar refractivity (Wildman–Crippen MR) is 86.5 cm³/mol. The molecule has 0 heterocycles. The van der Waals surface area contributed by atoms with E-state index >= 15 is 0 Å². The Morgan fingerprint density at radius 2 is 1.91 bits per heavy atom. The Morgan fingerprint density at radius 1 is 1.17 bits per heavy atom. The Balaban J connectivity index is 1.70. The Morgan fingerprint density at radius 3 is 2.65 bits per heavy atom. The standard InChI is InChI=1S/C20H27O2.Cr/c1-18-9-6-14(21)12-13(18)4-5-15-16(18)7-10-19(2)17(15)8-11-20(19,3)22;/h6,9,12,14-17,21-22H,4-5,7-8,10-11H2,1-2H3;/t14-,15?,16?,17?,18-,19-,20-;/m0./s1. The molecule has 0 bridgehead atoms. The molecule has 0 amide bonds. The van der Waals surface area contributed by atoms with Gasteiger partial charge >= 0.3 is 147 Å². The second-order valence-corrected chi connectivity index (χ2v) is 9.02. The van der Waals surface area contributed by atoms with Crippen molar-refractivity contribution in [3.8, 4) is 4.69 Å². The van der Waals surface area contributed by atoms with Gasteiger partial charge in [-0.3, -0.25) is 0 Å². The number of fused-ring (bicyclic) bond motifs is 5. The number of aliphatic hydroxyl groups is 2. The van der Waals surface area contributed by atoms with E-state index in [4.69, 9.17) is 0 Å². The van der Waals surface area contributed by atoms with Crippen LogP contribution in [0.15, 0.2) is 23.8 Å². The van der Waals surface area contributed by atoms with Crippen LogP contribution in [-0.4, -0.2) is 21.9 Å². The molecule has 2 nitrogen and oxygen atoms in total. The summed E-state index contributed by atoms with van der Waals surface area (Å²) in [4.78, 5) is 0. The molecule has 0 aliphatic heterocycles. The van der Waals surface area contributed by atoms with Gasteiger partial charge in [-0.05, 0) is 0 Å². The van der Waals surface area contributed by atoms with Crippen LogP contribution in [0.25, 0.3) is 0 Å². The maximum absolute atomic E-state index is 11.1. The molecule has 3 fully saturated rings. The van der Waals surface area contributed by atoms with Crippen LogP contribution in [0.5, 0.6) is 0 Å². The van der Waals surface area contributed by atoms with Crippen molar-refractivity contribution in [2.75, 3.05) is 0 Å². The first-order valence-corrected chi connectivity index (χ1v) is 9.68. The second-order valence-electron chi connectivity index (χ2n) is 8.70. The number of aliphatic hydroxyl groups excluding tert-OH is 1. The summed E-state index contributed by atoms with van der Waals surface area (Å²) in [6.45, 7) is 4.66. The number of allylic oxidation sites excluding steroid dienone is 2. The third kappa shape index (κ3) is 2.01. The fourth-order valence-electron chi connectivity index (χ4n) is 6.50. The van der Waals surface area contributed by atoms with E-state index in [2.05, 4.69) is 46.3 Å². The van der Waals surface area contributed by atoms with Crippen LogP contribution in [-0.2, 0) is 15.7 Å². The number of hydrogen-bond donors (Lipinski definition) is 2. The van der Waals surface area contributed by atoms with Gasteiger partial charge in [0.05, 0.1) is 0 Å². The Hall–Kier alpha value is -0.288. The van der Waals surface area contributed by atoms with Crippen LogP contribution in [0.1, 0.15) is 52.4 Å². The van der Waals surface area contributed by atoms with E-state index in [1.54, 1.807) is 0 Å². The zero-order valence-corrected chi connectivity index (χ0v) is 15.4. The normalized spacial score (nSPS) is 54.5. The van der Waals surface area contributed by atoms with Gasteiger partial charge < -0.3 is 0 Å². The molecule has 23 heavy (non-hydrogen) atoms. The topological polar surface area (TPSA) is 40.5 Å². The van der Waals surface area contributed by atoms with Gasteiger partial charge in [0.25, 0.3) is 0 Å². The summed E-state index contributed by atoms with van der Waals surface area (Å²) in [7, 11) is 0. The Labute approximate surface area is 147 Å². The van der Waals surface area contributed by atoms with Crippen molar-refractivity contribution < 1.29 is 25.9 Å². The van der Waals surface area contributed by atoms with E-state index in [9.17, 15) is 10.2 Å². The molecule has 2 N–H and O–H groups in total. The summed E-state index contributed by atoms with van der Waals surface area (Å²) >= 11 is 2.86. The van der Waals surface area contributed by atoms with Gasteiger partial charge in [0, 0.05) is 0 Å². The number of rotatable bonds is 0. The summed E-state index contributed by atoms with van der Waals surface area (Å²) in [6, 6.07) is 0. The van der Waals surface area contributed by atoms with Crippen LogP contribution >= 0.6 is 0 Å². The summed E-state index contributed by atoms with van der Waals surface area (Å²) in [5.41, 5.74) is 0.760. The average molecular weight is 351 g/mol. The molecular formula is C20H27CrO2. The van der Waals surface area contributed by atoms with Crippen molar-refractivity contribution in [1.82, 2.24) is 0 Å². The van der Waals surface area contributed by atoms with Crippen LogP contribution in [0.2, 0.25) is 0 Å². The molecule has 3 saturated carbocycles. The SMILES string of the molecule is C[C@]12C=C[C@H](O)C=C1CCC1C2CC[C@@]2(C)C1CC[C@@]2(O)[C]#[Cr]. The van der Waals surface area contributed by atoms with E-state index in [1.807, 2.05) is 6.08 Å². The van der Waals surface area contributed by atoms with Crippen LogP contribution < -0.4 is 0 Å². The predicted octanol–water partition coefficient (Wildman–Crippen LogP) is 3.32. The Kier molecular flexibility index (Phi) is 3.60. The zero-order valence-electron chi connectivity index (χ0n) is 14.1. The van der Waals surface area contributed by atoms with Crippen LogP contribution in [0, 0.1) is 33.3 Å². The first-order valence-electron chi connectivity index (χ1n) is 9.04. The second kappa shape index (κ2) is 5.11. The van der Waals surface area contributed by atoms with Gasteiger partial charge in [0.15, 0.2) is 0 Å². The maximum atomic E-state index is 11.1. The van der Waals surface area contributed by atoms with Gasteiger partial charge in [0.1, 0.15) is 0 Å². The Bertz CT molecular complexity index is 632. The molecule has 125 valence electrons. The first kappa shape index (κ1) is 16.2. The van der Waals surface area contributed by atoms with E-state index in [1.165, 1.54) is 12.0 Å². The molecule has 3 heteroatoms. The van der Waals surface area contributed by atoms with Gasteiger partial charge in [-0.1, -0.05) is 0 Å². The number of hydrogen-bond acceptors (Lipinski definition) is 2. The molecular weight excluding hydrogens is 324 g/mol. The average Bonchev–Trinajstić information content (AvgIpc) is 2.80. The van der Waals surface area contributed by atoms with E-state index in [0.717, 1.165) is 32.1 Å². The van der Waals surface area contributed by atoms with Crippen molar-refractivity contribution in [3.05, 3.63) is 23.8 Å². The molecule has 4 aliphatic rings. The third-order valence-electron chi connectivity index (χ3n) is 7.98. The summed E-state index contributed by atoms with van der Waals surface area (Å²) < 4.78 is 3.12. The van der Waals surface area contributed by atoms with Crippen molar-refractivity contribution in [3.63, 3.8) is 0 Å². The fourth-order valence-corrected chi connectivity index (χ4v) is 7.03. The van der Waals surface area contributed by atoms with E-state index in [0.29, 0.717) is 17.8 Å². The van der Waals surface area contributed by atoms with Crippen molar-refractivity contribution in [2.45, 2.75) is 64.1 Å². The molecule has 0 aromatic heterocycles. The first-order chi connectivity index (χ1) is 10.8. The van der Waals surface area contributed by atoms with Crippen LogP contribution in [0.4, 0.5) is 0 Å². The van der Waals surface area contributed by atoms with Gasteiger partial charge in [0.2, 0.25) is 0 Å². The molecule has 0 aromatic rings. The molecule has 4 aliphatic carbocycles. The van der Waals surface area contributed by atoms with Crippen LogP contribution in [0.3, 0.4) is 0 Å².